The van der Waals surface area contributed by atoms with Crippen molar-refractivity contribution in [2.24, 2.45) is 0 Å². The molecule has 5 nitrogen and oxygen atoms in total. The van der Waals surface area contributed by atoms with E-state index in [4.69, 9.17) is 0 Å². The molecule has 2 heterocycles. The number of fused-ring (bicyclic) bond motifs is 1. The van der Waals surface area contributed by atoms with Crippen molar-refractivity contribution in [2.45, 2.75) is 19.1 Å². The zero-order chi connectivity index (χ0) is 19.8. The van der Waals surface area contributed by atoms with Gasteiger partial charge in [-0.15, -0.1) is 0 Å². The summed E-state index contributed by atoms with van der Waals surface area (Å²) in [6, 6.07) is 3.58. The maximum absolute atomic E-state index is 14.9. The number of H-pyrrole nitrogens is 1. The maximum atomic E-state index is 14.9. The molecule has 1 aromatic carbocycles. The minimum atomic E-state index is -3.55. The molecule has 0 unspecified atom stereocenters. The number of hydrogen-bond donors (Lipinski definition) is 1. The Balaban J connectivity index is 2.09. The van der Waals surface area contributed by atoms with Gasteiger partial charge in [-0.25, -0.2) is 22.2 Å². The standard InChI is InChI=1S/C18H15BrF2N2O3S/c1-2-5-27(25,26)9-10-3-4-14(20)15(16(10)21)17(24)13-8-23-18-12(13)6-11(19)7-22-18/h3-4,6-8H,2,5,9H2,1H3,(H,22,23). The van der Waals surface area contributed by atoms with Crippen LogP contribution >= 0.6 is 15.9 Å². The van der Waals surface area contributed by atoms with E-state index < -0.39 is 38.6 Å². The van der Waals surface area contributed by atoms with Gasteiger partial charge in [0.25, 0.3) is 0 Å². The number of nitrogens with one attached hydrogen (secondary N) is 1. The number of ketones is 1. The third-order valence-electron chi connectivity index (χ3n) is 4.03. The summed E-state index contributed by atoms with van der Waals surface area (Å²) >= 11 is 3.24. The van der Waals surface area contributed by atoms with Gasteiger partial charge in [0.15, 0.2) is 9.84 Å². The molecule has 0 saturated carbocycles. The number of nitrogens with zero attached hydrogens (tertiary/aromatic N) is 1. The monoisotopic (exact) mass is 456 g/mol. The summed E-state index contributed by atoms with van der Waals surface area (Å²) in [5.74, 6) is -3.79. The molecule has 0 amide bonds. The molecule has 1 N–H and O–H groups in total. The highest BCUT2D eigenvalue weighted by Crippen LogP contribution is 2.27. The predicted molar refractivity (Wildman–Crippen MR) is 101 cm³/mol. The number of hydrogen-bond acceptors (Lipinski definition) is 4. The van der Waals surface area contributed by atoms with Gasteiger partial charge in [0.2, 0.25) is 5.78 Å². The van der Waals surface area contributed by atoms with Crippen molar-refractivity contribution in [3.05, 3.63) is 63.4 Å². The predicted octanol–water partition coefficient (Wildman–Crippen LogP) is 4.16. The van der Waals surface area contributed by atoms with Crippen molar-refractivity contribution < 1.29 is 22.0 Å². The molecule has 2 aromatic heterocycles. The molecule has 0 aliphatic carbocycles. The highest BCUT2D eigenvalue weighted by atomic mass is 79.9. The van der Waals surface area contributed by atoms with E-state index in [1.807, 2.05) is 0 Å². The molecule has 0 radical (unpaired) electrons. The second-order valence-electron chi connectivity index (χ2n) is 6.07. The first-order valence-corrected chi connectivity index (χ1v) is 10.7. The minimum absolute atomic E-state index is 0.0464. The van der Waals surface area contributed by atoms with Gasteiger partial charge in [-0.1, -0.05) is 13.0 Å². The van der Waals surface area contributed by atoms with Gasteiger partial charge in [0, 0.05) is 33.4 Å². The lowest BCUT2D eigenvalue weighted by Gasteiger charge is -2.09. The van der Waals surface area contributed by atoms with Gasteiger partial charge in [0.05, 0.1) is 17.1 Å². The molecule has 9 heteroatoms. The van der Waals surface area contributed by atoms with Crippen LogP contribution in [0.25, 0.3) is 11.0 Å². The van der Waals surface area contributed by atoms with Crippen LogP contribution in [0.3, 0.4) is 0 Å². The van der Waals surface area contributed by atoms with Crippen LogP contribution in [0, 0.1) is 11.6 Å². The van der Waals surface area contributed by atoms with E-state index in [2.05, 4.69) is 25.9 Å². The topological polar surface area (TPSA) is 79.9 Å². The summed E-state index contributed by atoms with van der Waals surface area (Å²) in [6.07, 6.45) is 3.23. The van der Waals surface area contributed by atoms with E-state index in [1.54, 1.807) is 13.0 Å². The number of carbonyl (C=O) groups is 1. The molecule has 3 aromatic rings. The van der Waals surface area contributed by atoms with Gasteiger partial charge >= 0.3 is 0 Å². The summed E-state index contributed by atoms with van der Waals surface area (Å²) in [5, 5.41) is 0.400. The number of pyridine rings is 1. The number of benzene rings is 1. The quantitative estimate of drug-likeness (QED) is 0.564. The maximum Gasteiger partial charge on any atom is 0.201 e. The van der Waals surface area contributed by atoms with E-state index in [1.165, 1.54) is 12.4 Å². The fourth-order valence-electron chi connectivity index (χ4n) is 2.84. The SMILES string of the molecule is CCCS(=O)(=O)Cc1ccc(F)c(C(=O)c2c[nH]c3ncc(Br)cc23)c1F. The van der Waals surface area contributed by atoms with Crippen LogP contribution < -0.4 is 0 Å². The van der Waals surface area contributed by atoms with E-state index in [0.29, 0.717) is 21.9 Å². The fraction of sp³-hybridized carbons (Fsp3) is 0.222. The molecule has 142 valence electrons. The van der Waals surface area contributed by atoms with Crippen molar-refractivity contribution in [1.82, 2.24) is 9.97 Å². The Kier molecular flexibility index (Phi) is 5.43. The number of aromatic amines is 1. The van der Waals surface area contributed by atoms with Crippen LogP contribution in [0.2, 0.25) is 0 Å². The molecule has 0 bridgehead atoms. The lowest BCUT2D eigenvalue weighted by atomic mass is 10.0. The largest absolute Gasteiger partial charge is 0.345 e. The molecular weight excluding hydrogens is 442 g/mol. The Labute approximate surface area is 162 Å². The molecule has 0 saturated heterocycles. The summed E-state index contributed by atoms with van der Waals surface area (Å²) in [7, 11) is -3.55. The average molecular weight is 457 g/mol. The van der Waals surface area contributed by atoms with Gasteiger partial charge in [0.1, 0.15) is 17.3 Å². The second kappa shape index (κ2) is 7.47. The summed E-state index contributed by atoms with van der Waals surface area (Å²) in [4.78, 5) is 19.7. The molecule has 0 aliphatic heterocycles. The van der Waals surface area contributed by atoms with E-state index in [-0.39, 0.29) is 16.9 Å². The lowest BCUT2D eigenvalue weighted by molar-refractivity contribution is 0.103. The van der Waals surface area contributed by atoms with E-state index in [0.717, 1.165) is 12.1 Å². The highest BCUT2D eigenvalue weighted by molar-refractivity contribution is 9.10. The van der Waals surface area contributed by atoms with Crippen LogP contribution in [0.4, 0.5) is 8.78 Å². The minimum Gasteiger partial charge on any atom is -0.345 e. The zero-order valence-corrected chi connectivity index (χ0v) is 16.6. The van der Waals surface area contributed by atoms with Crippen LogP contribution in [0.15, 0.2) is 35.1 Å². The molecule has 3 rings (SSSR count). The third-order valence-corrected chi connectivity index (χ3v) is 6.25. The number of rotatable bonds is 6. The van der Waals surface area contributed by atoms with E-state index >= 15 is 0 Å². The Bertz CT molecular complexity index is 1140. The van der Waals surface area contributed by atoms with Crippen LogP contribution in [-0.2, 0) is 15.6 Å². The first-order valence-electron chi connectivity index (χ1n) is 8.08. The van der Waals surface area contributed by atoms with Crippen LogP contribution in [0.1, 0.15) is 34.8 Å². The first kappa shape index (κ1) is 19.6. The molecular formula is C18H15BrF2N2O3S. The number of carbonyl (C=O) groups excluding carboxylic acids is 1. The molecule has 0 atom stereocenters. The Hall–Kier alpha value is -2.13. The molecule has 27 heavy (non-hydrogen) atoms. The van der Waals surface area contributed by atoms with Crippen molar-refractivity contribution in [2.75, 3.05) is 5.75 Å². The van der Waals surface area contributed by atoms with Crippen LogP contribution in [-0.4, -0.2) is 29.9 Å². The van der Waals surface area contributed by atoms with Gasteiger partial charge in [-0.05, 0) is 34.5 Å². The molecule has 0 spiro atoms. The molecule has 0 aliphatic rings. The summed E-state index contributed by atoms with van der Waals surface area (Å²) < 4.78 is 53.7. The van der Waals surface area contributed by atoms with Crippen molar-refractivity contribution >= 4 is 42.6 Å². The third kappa shape index (κ3) is 3.93. The number of sulfone groups is 1. The molecule has 0 fully saturated rings. The Morgan fingerprint density at radius 2 is 2.04 bits per heavy atom. The zero-order valence-electron chi connectivity index (χ0n) is 14.2. The highest BCUT2D eigenvalue weighted by Gasteiger charge is 2.26. The number of aromatic nitrogens is 2. The number of halogens is 3. The van der Waals surface area contributed by atoms with Crippen molar-refractivity contribution in [3.63, 3.8) is 0 Å². The van der Waals surface area contributed by atoms with Crippen molar-refractivity contribution in [3.8, 4) is 0 Å². The fourth-order valence-corrected chi connectivity index (χ4v) is 4.63. The van der Waals surface area contributed by atoms with E-state index in [9.17, 15) is 22.0 Å². The first-order chi connectivity index (χ1) is 12.7. The van der Waals surface area contributed by atoms with Gasteiger partial charge < -0.3 is 4.98 Å². The normalized spacial score (nSPS) is 11.9. The summed E-state index contributed by atoms with van der Waals surface area (Å²) in [6.45, 7) is 1.69. The lowest BCUT2D eigenvalue weighted by Crippen LogP contribution is -2.14. The van der Waals surface area contributed by atoms with Crippen molar-refractivity contribution in [1.29, 1.82) is 0 Å². The summed E-state index contributed by atoms with van der Waals surface area (Å²) in [5.41, 5.74) is -0.568. The average Bonchev–Trinajstić information content (AvgIpc) is 3.00. The van der Waals surface area contributed by atoms with Gasteiger partial charge in [-0.3, -0.25) is 4.79 Å². The second-order valence-corrected chi connectivity index (χ2v) is 9.17. The smallest absolute Gasteiger partial charge is 0.201 e. The van der Waals surface area contributed by atoms with Gasteiger partial charge in [-0.2, -0.15) is 0 Å². The Morgan fingerprint density at radius 3 is 2.74 bits per heavy atom. The Morgan fingerprint density at radius 1 is 1.30 bits per heavy atom. The van der Waals surface area contributed by atoms with Crippen LogP contribution in [0.5, 0.6) is 0 Å².